The van der Waals surface area contributed by atoms with E-state index in [1.807, 2.05) is 0 Å². The van der Waals surface area contributed by atoms with E-state index in [1.165, 1.54) is 7.11 Å². The van der Waals surface area contributed by atoms with E-state index >= 15 is 0 Å². The summed E-state index contributed by atoms with van der Waals surface area (Å²) in [6.07, 6.45) is -1.59. The number of imidazole rings is 1. The van der Waals surface area contributed by atoms with Crippen LogP contribution in [-0.4, -0.2) is 26.4 Å². The van der Waals surface area contributed by atoms with Crippen LogP contribution in [0.5, 0.6) is 5.75 Å². The van der Waals surface area contributed by atoms with E-state index < -0.39 is 28.4 Å². The number of anilines is 1. The van der Waals surface area contributed by atoms with E-state index in [1.54, 1.807) is 36.0 Å². The quantitative estimate of drug-likeness (QED) is 0.271. The lowest BCUT2D eigenvalue weighted by Gasteiger charge is -2.19. The van der Waals surface area contributed by atoms with Gasteiger partial charge in [0.25, 0.3) is 5.69 Å². The summed E-state index contributed by atoms with van der Waals surface area (Å²) in [5.74, 6) is 0.954. The second-order valence-electron chi connectivity index (χ2n) is 7.02. The van der Waals surface area contributed by atoms with Gasteiger partial charge in [0.2, 0.25) is 0 Å². The number of nitro groups is 1. The van der Waals surface area contributed by atoms with Crippen molar-refractivity contribution in [3.63, 3.8) is 0 Å². The van der Waals surface area contributed by atoms with Crippen molar-refractivity contribution in [2.45, 2.75) is 19.1 Å². The number of fused-ring (bicyclic) bond motifs is 3. The Bertz CT molecular complexity index is 1360. The highest BCUT2D eigenvalue weighted by Crippen LogP contribution is 2.37. The molecule has 0 radical (unpaired) electrons. The van der Waals surface area contributed by atoms with Gasteiger partial charge in [-0.1, -0.05) is 0 Å². The molecule has 2 heterocycles. The first-order chi connectivity index (χ1) is 15.1. The minimum atomic E-state index is -4.72. The van der Waals surface area contributed by atoms with Crippen LogP contribution in [0, 0.1) is 10.1 Å². The minimum Gasteiger partial charge on any atom is -0.495 e. The number of ether oxygens (including phenoxy) is 1. The Morgan fingerprint density at radius 1 is 1.25 bits per heavy atom. The molecule has 2 aromatic carbocycles. The molecule has 0 bridgehead atoms. The standard InChI is InChI=1S/C20H15BrF3N5O3/c1-10(11-3-12(20(22,23)24)5-13(4-11)29(30)31)26-19-14-6-15(21)17(32-2)7-16(14)28-9-25-8-18(28)27-19/h3-10H,1-2H3,(H,26,27)/t10-/m1/s1. The van der Waals surface area contributed by atoms with Gasteiger partial charge < -0.3 is 10.1 Å². The molecule has 12 heteroatoms. The van der Waals surface area contributed by atoms with Crippen molar-refractivity contribution >= 4 is 44.0 Å². The Hall–Kier alpha value is -3.41. The Morgan fingerprint density at radius 3 is 2.66 bits per heavy atom. The monoisotopic (exact) mass is 509 g/mol. The molecule has 0 saturated heterocycles. The summed E-state index contributed by atoms with van der Waals surface area (Å²) in [7, 11) is 1.53. The van der Waals surface area contributed by atoms with Crippen molar-refractivity contribution in [1.29, 1.82) is 0 Å². The Morgan fingerprint density at radius 2 is 2.00 bits per heavy atom. The van der Waals surface area contributed by atoms with E-state index in [0.29, 0.717) is 38.7 Å². The van der Waals surface area contributed by atoms with Gasteiger partial charge in [0.15, 0.2) is 5.65 Å². The molecule has 0 aliphatic heterocycles. The van der Waals surface area contributed by atoms with Gasteiger partial charge in [-0.05, 0) is 40.5 Å². The predicted octanol–water partition coefficient (Wildman–Crippen LogP) is 5.75. The maximum Gasteiger partial charge on any atom is 0.416 e. The number of rotatable bonds is 5. The molecule has 8 nitrogen and oxygen atoms in total. The molecule has 1 N–H and O–H groups in total. The van der Waals surface area contributed by atoms with Gasteiger partial charge in [0.05, 0.1) is 39.8 Å². The van der Waals surface area contributed by atoms with Gasteiger partial charge in [0, 0.05) is 23.6 Å². The van der Waals surface area contributed by atoms with Crippen LogP contribution in [0.15, 0.2) is 47.3 Å². The number of nitrogens with one attached hydrogen (secondary N) is 1. The molecule has 166 valence electrons. The van der Waals surface area contributed by atoms with Crippen LogP contribution in [0.25, 0.3) is 16.6 Å². The zero-order valence-electron chi connectivity index (χ0n) is 16.6. The highest BCUT2D eigenvalue weighted by molar-refractivity contribution is 9.10. The van der Waals surface area contributed by atoms with E-state index in [9.17, 15) is 23.3 Å². The zero-order chi connectivity index (χ0) is 23.2. The van der Waals surface area contributed by atoms with Gasteiger partial charge in [-0.2, -0.15) is 13.2 Å². The van der Waals surface area contributed by atoms with Crippen molar-refractivity contribution in [1.82, 2.24) is 14.4 Å². The van der Waals surface area contributed by atoms with Gasteiger partial charge in [-0.25, -0.2) is 9.97 Å². The minimum absolute atomic E-state index is 0.0995. The first-order valence-corrected chi connectivity index (χ1v) is 10.00. The van der Waals surface area contributed by atoms with Crippen molar-refractivity contribution < 1.29 is 22.8 Å². The van der Waals surface area contributed by atoms with Gasteiger partial charge >= 0.3 is 6.18 Å². The summed E-state index contributed by atoms with van der Waals surface area (Å²) in [4.78, 5) is 19.0. The van der Waals surface area contributed by atoms with Crippen LogP contribution in [0.2, 0.25) is 0 Å². The summed E-state index contributed by atoms with van der Waals surface area (Å²) >= 11 is 3.43. The predicted molar refractivity (Wildman–Crippen MR) is 115 cm³/mol. The summed E-state index contributed by atoms with van der Waals surface area (Å²) in [5.41, 5.74) is -0.418. The Kier molecular flexibility index (Phi) is 5.41. The van der Waals surface area contributed by atoms with Gasteiger partial charge in [-0.3, -0.25) is 14.5 Å². The Labute approximate surface area is 187 Å². The fourth-order valence-corrected chi connectivity index (χ4v) is 3.88. The van der Waals surface area contributed by atoms with E-state index in [2.05, 4.69) is 31.2 Å². The average Bonchev–Trinajstić information content (AvgIpc) is 3.21. The number of alkyl halides is 3. The smallest absolute Gasteiger partial charge is 0.416 e. The zero-order valence-corrected chi connectivity index (χ0v) is 18.2. The molecule has 4 aromatic rings. The number of halogens is 4. The van der Waals surface area contributed by atoms with Crippen LogP contribution in [0.1, 0.15) is 24.1 Å². The second-order valence-corrected chi connectivity index (χ2v) is 7.87. The molecule has 0 saturated carbocycles. The number of non-ortho nitro benzene ring substituents is 1. The van der Waals surface area contributed by atoms with Crippen LogP contribution in [-0.2, 0) is 6.18 Å². The fourth-order valence-electron chi connectivity index (χ4n) is 3.37. The SMILES string of the molecule is COc1cc2c(cc1Br)c(N[C@H](C)c1cc([N+](=O)[O-])cc(C(F)(F)F)c1)nc1cncn12. The second kappa shape index (κ2) is 7.93. The highest BCUT2D eigenvalue weighted by Gasteiger charge is 2.33. The molecule has 0 spiro atoms. The molecule has 0 amide bonds. The van der Waals surface area contributed by atoms with Crippen LogP contribution >= 0.6 is 15.9 Å². The summed E-state index contributed by atoms with van der Waals surface area (Å²) < 4.78 is 47.6. The van der Waals surface area contributed by atoms with Crippen LogP contribution in [0.4, 0.5) is 24.7 Å². The number of nitro benzene ring substituents is 1. The number of methoxy groups -OCH3 is 1. The lowest BCUT2D eigenvalue weighted by Crippen LogP contribution is -2.12. The summed E-state index contributed by atoms with van der Waals surface area (Å²) in [6.45, 7) is 1.60. The van der Waals surface area contributed by atoms with E-state index in [-0.39, 0.29) is 5.56 Å². The third-order valence-electron chi connectivity index (χ3n) is 4.96. The fraction of sp³-hybridized carbons (Fsp3) is 0.200. The molecule has 0 aliphatic rings. The van der Waals surface area contributed by atoms with E-state index in [0.717, 1.165) is 12.1 Å². The maximum atomic E-state index is 13.3. The molecule has 4 rings (SSSR count). The van der Waals surface area contributed by atoms with Crippen molar-refractivity contribution in [3.05, 3.63) is 68.6 Å². The third-order valence-corrected chi connectivity index (χ3v) is 5.58. The lowest BCUT2D eigenvalue weighted by molar-refractivity contribution is -0.385. The van der Waals surface area contributed by atoms with Crippen molar-refractivity contribution in [2.24, 2.45) is 0 Å². The van der Waals surface area contributed by atoms with Crippen molar-refractivity contribution in [3.8, 4) is 5.75 Å². The number of aromatic nitrogens is 3. The number of hydrogen-bond acceptors (Lipinski definition) is 6. The Balaban J connectivity index is 1.83. The molecular weight excluding hydrogens is 495 g/mol. The first-order valence-electron chi connectivity index (χ1n) is 9.21. The van der Waals surface area contributed by atoms with Crippen molar-refractivity contribution in [2.75, 3.05) is 12.4 Å². The van der Waals surface area contributed by atoms with Gasteiger partial charge in [-0.15, -0.1) is 0 Å². The molecule has 0 unspecified atom stereocenters. The number of nitrogens with zero attached hydrogens (tertiary/aromatic N) is 4. The highest BCUT2D eigenvalue weighted by atomic mass is 79.9. The van der Waals surface area contributed by atoms with E-state index in [4.69, 9.17) is 4.74 Å². The normalized spacial score (nSPS) is 12.8. The molecule has 2 aromatic heterocycles. The number of hydrogen-bond donors (Lipinski definition) is 1. The maximum absolute atomic E-state index is 13.3. The molecule has 32 heavy (non-hydrogen) atoms. The summed E-state index contributed by atoms with van der Waals surface area (Å²) in [6, 6.07) is 5.35. The largest absolute Gasteiger partial charge is 0.495 e. The van der Waals surface area contributed by atoms with Gasteiger partial charge in [0.1, 0.15) is 17.9 Å². The average molecular weight is 510 g/mol. The van der Waals surface area contributed by atoms with Crippen LogP contribution in [0.3, 0.4) is 0 Å². The lowest BCUT2D eigenvalue weighted by atomic mass is 10.0. The molecular formula is C20H15BrF3N5O3. The summed E-state index contributed by atoms with van der Waals surface area (Å²) in [5, 5.41) is 14.9. The third kappa shape index (κ3) is 3.93. The molecule has 0 aliphatic carbocycles. The molecule has 1 atom stereocenters. The number of benzene rings is 2. The first kappa shape index (κ1) is 21.8. The topological polar surface area (TPSA) is 94.6 Å². The van der Waals surface area contributed by atoms with Crippen LogP contribution < -0.4 is 10.1 Å². The molecule has 0 fully saturated rings.